The van der Waals surface area contributed by atoms with Gasteiger partial charge in [0.2, 0.25) is 0 Å². The average molecular weight is 227 g/mol. The molecule has 0 aliphatic carbocycles. The van der Waals surface area contributed by atoms with Crippen LogP contribution in [0.3, 0.4) is 0 Å². The molecule has 1 heterocycles. The molecule has 0 saturated heterocycles. The first-order valence-electron chi connectivity index (χ1n) is 5.69. The van der Waals surface area contributed by atoms with Crippen LogP contribution in [0.1, 0.15) is 13.8 Å². The van der Waals surface area contributed by atoms with Crippen molar-refractivity contribution in [2.75, 3.05) is 19.8 Å². The number of nitrogens with one attached hydrogen (secondary N) is 1. The normalized spacial score (nSPS) is 14.9. The molecule has 0 aliphatic heterocycles. The summed E-state index contributed by atoms with van der Waals surface area (Å²) in [6, 6.07) is 2.17. The first-order valence-corrected chi connectivity index (χ1v) is 5.69. The van der Waals surface area contributed by atoms with Crippen molar-refractivity contribution in [1.29, 1.82) is 0 Å². The first kappa shape index (κ1) is 13.2. The third-order valence-electron chi connectivity index (χ3n) is 2.24. The predicted molar refractivity (Wildman–Crippen MR) is 62.2 cm³/mol. The molecule has 0 spiro atoms. The molecule has 0 fully saturated rings. The molecule has 2 atom stereocenters. The molecule has 16 heavy (non-hydrogen) atoms. The minimum atomic E-state index is -0.444. The van der Waals surface area contributed by atoms with E-state index in [4.69, 9.17) is 4.74 Å². The fourth-order valence-electron chi connectivity index (χ4n) is 1.40. The first-order chi connectivity index (χ1) is 7.72. The number of hydrogen-bond donors (Lipinski definition) is 2. The van der Waals surface area contributed by atoms with E-state index in [0.717, 1.165) is 6.54 Å². The molecular formula is C11H21N3O2. The van der Waals surface area contributed by atoms with Crippen LogP contribution in [0.15, 0.2) is 18.5 Å². The molecular weight excluding hydrogens is 206 g/mol. The lowest BCUT2D eigenvalue weighted by molar-refractivity contribution is 0.0413. The Balaban J connectivity index is 2.12. The van der Waals surface area contributed by atoms with Crippen LogP contribution in [-0.2, 0) is 11.3 Å². The summed E-state index contributed by atoms with van der Waals surface area (Å²) < 4.78 is 6.99. The second kappa shape index (κ2) is 7.38. The van der Waals surface area contributed by atoms with Crippen LogP contribution in [0.2, 0.25) is 0 Å². The molecule has 0 radical (unpaired) electrons. The zero-order valence-electron chi connectivity index (χ0n) is 9.97. The summed E-state index contributed by atoms with van der Waals surface area (Å²) in [6.07, 6.45) is 3.24. The van der Waals surface area contributed by atoms with Gasteiger partial charge in [-0.05, 0) is 19.9 Å². The van der Waals surface area contributed by atoms with Gasteiger partial charge in [-0.3, -0.25) is 4.68 Å². The Morgan fingerprint density at radius 2 is 2.38 bits per heavy atom. The molecule has 1 aromatic heterocycles. The fraction of sp³-hybridized carbons (Fsp3) is 0.727. The minimum Gasteiger partial charge on any atom is -0.389 e. The highest BCUT2D eigenvalue weighted by atomic mass is 16.5. The summed E-state index contributed by atoms with van der Waals surface area (Å²) in [5.74, 6) is 0. The molecule has 1 aromatic rings. The molecule has 5 nitrogen and oxygen atoms in total. The van der Waals surface area contributed by atoms with E-state index in [9.17, 15) is 5.11 Å². The Morgan fingerprint density at radius 3 is 3.00 bits per heavy atom. The molecule has 0 saturated carbocycles. The quantitative estimate of drug-likeness (QED) is 0.669. The van der Waals surface area contributed by atoms with Gasteiger partial charge >= 0.3 is 0 Å². The van der Waals surface area contributed by atoms with E-state index in [-0.39, 0.29) is 6.04 Å². The maximum Gasteiger partial charge on any atom is 0.0897 e. The summed E-state index contributed by atoms with van der Waals surface area (Å²) in [6.45, 7) is 6.35. The Bertz CT molecular complexity index is 264. The lowest BCUT2D eigenvalue weighted by Gasteiger charge is -2.17. The van der Waals surface area contributed by atoms with Crippen molar-refractivity contribution in [3.05, 3.63) is 18.5 Å². The summed E-state index contributed by atoms with van der Waals surface area (Å²) in [5, 5.41) is 16.9. The van der Waals surface area contributed by atoms with E-state index in [1.807, 2.05) is 23.9 Å². The van der Waals surface area contributed by atoms with Gasteiger partial charge in [0.15, 0.2) is 0 Å². The van der Waals surface area contributed by atoms with E-state index in [0.29, 0.717) is 19.8 Å². The highest BCUT2D eigenvalue weighted by Gasteiger charge is 2.07. The number of aliphatic hydroxyl groups is 1. The average Bonchev–Trinajstić information content (AvgIpc) is 2.76. The van der Waals surface area contributed by atoms with Crippen molar-refractivity contribution in [1.82, 2.24) is 15.1 Å². The molecule has 92 valence electrons. The van der Waals surface area contributed by atoms with Crippen LogP contribution in [0.25, 0.3) is 0 Å². The van der Waals surface area contributed by atoms with Crippen LogP contribution in [0, 0.1) is 0 Å². The van der Waals surface area contributed by atoms with Crippen LogP contribution in [0.4, 0.5) is 0 Å². The van der Waals surface area contributed by atoms with E-state index in [1.165, 1.54) is 0 Å². The van der Waals surface area contributed by atoms with Crippen molar-refractivity contribution >= 4 is 0 Å². The van der Waals surface area contributed by atoms with E-state index in [2.05, 4.69) is 17.3 Å². The zero-order chi connectivity index (χ0) is 11.8. The van der Waals surface area contributed by atoms with E-state index < -0.39 is 6.10 Å². The summed E-state index contributed by atoms with van der Waals surface area (Å²) >= 11 is 0. The van der Waals surface area contributed by atoms with Gasteiger partial charge in [-0.1, -0.05) is 0 Å². The van der Waals surface area contributed by atoms with Gasteiger partial charge in [-0.25, -0.2) is 0 Å². The van der Waals surface area contributed by atoms with Gasteiger partial charge in [0.25, 0.3) is 0 Å². The maximum absolute atomic E-state index is 9.55. The Labute approximate surface area is 96.4 Å². The van der Waals surface area contributed by atoms with Crippen LogP contribution in [-0.4, -0.2) is 46.8 Å². The van der Waals surface area contributed by atoms with E-state index in [1.54, 1.807) is 6.20 Å². The summed E-state index contributed by atoms with van der Waals surface area (Å²) in [7, 11) is 0. The summed E-state index contributed by atoms with van der Waals surface area (Å²) in [4.78, 5) is 0. The van der Waals surface area contributed by atoms with Gasteiger partial charge in [0, 0.05) is 31.6 Å². The van der Waals surface area contributed by atoms with Crippen LogP contribution in [0.5, 0.6) is 0 Å². The zero-order valence-corrected chi connectivity index (χ0v) is 9.97. The summed E-state index contributed by atoms with van der Waals surface area (Å²) in [5.41, 5.74) is 0. The highest BCUT2D eigenvalue weighted by Crippen LogP contribution is 1.91. The molecule has 0 bridgehead atoms. The minimum absolute atomic E-state index is 0.274. The molecule has 5 heteroatoms. The van der Waals surface area contributed by atoms with Gasteiger partial charge in [-0.2, -0.15) is 5.10 Å². The number of ether oxygens (including phenoxy) is 1. The van der Waals surface area contributed by atoms with E-state index >= 15 is 0 Å². The van der Waals surface area contributed by atoms with Crippen molar-refractivity contribution in [3.63, 3.8) is 0 Å². The smallest absolute Gasteiger partial charge is 0.0897 e. The third kappa shape index (κ3) is 5.25. The number of nitrogens with zero attached hydrogens (tertiary/aromatic N) is 2. The predicted octanol–water partition coefficient (Wildman–Crippen LogP) is 0.259. The van der Waals surface area contributed by atoms with Crippen molar-refractivity contribution < 1.29 is 9.84 Å². The van der Waals surface area contributed by atoms with Crippen molar-refractivity contribution in [3.8, 4) is 0 Å². The Morgan fingerprint density at radius 1 is 1.56 bits per heavy atom. The molecule has 0 amide bonds. The lowest BCUT2D eigenvalue weighted by atomic mass is 10.3. The topological polar surface area (TPSA) is 59.3 Å². The van der Waals surface area contributed by atoms with Crippen LogP contribution >= 0.6 is 0 Å². The number of aromatic nitrogens is 2. The SMILES string of the molecule is CCOCC(O)CNC(C)Cn1cccn1. The van der Waals surface area contributed by atoms with Crippen molar-refractivity contribution in [2.24, 2.45) is 0 Å². The Hall–Kier alpha value is -0.910. The highest BCUT2D eigenvalue weighted by molar-refractivity contribution is 4.79. The van der Waals surface area contributed by atoms with Gasteiger partial charge in [0.1, 0.15) is 0 Å². The maximum atomic E-state index is 9.55. The molecule has 2 unspecified atom stereocenters. The van der Waals surface area contributed by atoms with Gasteiger partial charge in [0.05, 0.1) is 19.3 Å². The third-order valence-corrected chi connectivity index (χ3v) is 2.24. The fourth-order valence-corrected chi connectivity index (χ4v) is 1.40. The van der Waals surface area contributed by atoms with Gasteiger partial charge < -0.3 is 15.2 Å². The standard InChI is InChI=1S/C11H21N3O2/c1-3-16-9-11(15)7-12-10(2)8-14-6-4-5-13-14/h4-6,10-12,15H,3,7-9H2,1-2H3. The van der Waals surface area contributed by atoms with Crippen LogP contribution < -0.4 is 5.32 Å². The molecule has 2 N–H and O–H groups in total. The number of hydrogen-bond acceptors (Lipinski definition) is 4. The second-order valence-electron chi connectivity index (χ2n) is 3.85. The van der Waals surface area contributed by atoms with Crippen molar-refractivity contribution in [2.45, 2.75) is 32.5 Å². The molecule has 0 aliphatic rings. The number of aliphatic hydroxyl groups excluding tert-OH is 1. The molecule has 1 rings (SSSR count). The lowest BCUT2D eigenvalue weighted by Crippen LogP contribution is -2.38. The monoisotopic (exact) mass is 227 g/mol. The Kier molecular flexibility index (Phi) is 6.07. The largest absolute Gasteiger partial charge is 0.389 e. The van der Waals surface area contributed by atoms with Gasteiger partial charge in [-0.15, -0.1) is 0 Å². The second-order valence-corrected chi connectivity index (χ2v) is 3.85. The molecule has 0 aromatic carbocycles. The number of rotatable bonds is 8.